The van der Waals surface area contributed by atoms with Gasteiger partial charge < -0.3 is 15.8 Å². The normalized spacial score (nSPS) is 10.2. The standard InChI is InChI=1S/C15H24N2O2S/c1-20-12-6-2-5-10-17-15(18)9-11-19-14-8-4-3-7-13(14)16/h3-4,7-8H,2,5-6,9-12,16H2,1H3,(H,17,18). The van der Waals surface area contributed by atoms with Gasteiger partial charge in [0.2, 0.25) is 5.91 Å². The monoisotopic (exact) mass is 296 g/mol. The van der Waals surface area contributed by atoms with E-state index in [1.54, 1.807) is 12.1 Å². The van der Waals surface area contributed by atoms with Crippen LogP contribution in [0.15, 0.2) is 24.3 Å². The van der Waals surface area contributed by atoms with Gasteiger partial charge in [0.15, 0.2) is 0 Å². The van der Waals surface area contributed by atoms with Crippen molar-refractivity contribution in [2.45, 2.75) is 25.7 Å². The predicted octanol–water partition coefficient (Wildman–Crippen LogP) is 2.69. The Balaban J connectivity index is 2.04. The Kier molecular flexibility index (Phi) is 8.71. The SMILES string of the molecule is CSCCCCCNC(=O)CCOc1ccccc1N. The summed E-state index contributed by atoms with van der Waals surface area (Å²) >= 11 is 1.86. The fourth-order valence-corrected chi connectivity index (χ4v) is 2.22. The number of para-hydroxylation sites is 2. The van der Waals surface area contributed by atoms with Crippen molar-refractivity contribution in [1.82, 2.24) is 5.32 Å². The average molecular weight is 296 g/mol. The topological polar surface area (TPSA) is 64.3 Å². The highest BCUT2D eigenvalue weighted by Crippen LogP contribution is 2.19. The molecule has 0 spiro atoms. The number of nitrogen functional groups attached to an aromatic ring is 1. The van der Waals surface area contributed by atoms with Crippen molar-refractivity contribution in [3.63, 3.8) is 0 Å². The highest BCUT2D eigenvalue weighted by Gasteiger charge is 2.03. The molecule has 1 amide bonds. The van der Waals surface area contributed by atoms with Crippen LogP contribution in [0.4, 0.5) is 5.69 Å². The Morgan fingerprint density at radius 2 is 2.10 bits per heavy atom. The van der Waals surface area contributed by atoms with Crippen molar-refractivity contribution in [2.24, 2.45) is 0 Å². The van der Waals surface area contributed by atoms with Crippen molar-refractivity contribution in [1.29, 1.82) is 0 Å². The lowest BCUT2D eigenvalue weighted by Gasteiger charge is -2.09. The molecule has 0 aliphatic heterocycles. The van der Waals surface area contributed by atoms with Crippen LogP contribution in [0.1, 0.15) is 25.7 Å². The van der Waals surface area contributed by atoms with E-state index in [1.165, 1.54) is 12.2 Å². The molecule has 1 aromatic carbocycles. The number of carbonyl (C=O) groups is 1. The third kappa shape index (κ3) is 7.28. The van der Waals surface area contributed by atoms with Gasteiger partial charge in [0.05, 0.1) is 18.7 Å². The van der Waals surface area contributed by atoms with Gasteiger partial charge in [-0.3, -0.25) is 4.79 Å². The molecule has 0 saturated heterocycles. The molecular formula is C15H24N2O2S. The van der Waals surface area contributed by atoms with Gasteiger partial charge in [-0.2, -0.15) is 11.8 Å². The first-order valence-corrected chi connectivity index (χ1v) is 8.36. The third-order valence-electron chi connectivity index (χ3n) is 2.85. The fraction of sp³-hybridized carbons (Fsp3) is 0.533. The number of rotatable bonds is 10. The van der Waals surface area contributed by atoms with E-state index >= 15 is 0 Å². The number of nitrogens with one attached hydrogen (secondary N) is 1. The predicted molar refractivity (Wildman–Crippen MR) is 86.2 cm³/mol. The molecule has 5 heteroatoms. The number of hydrogen-bond donors (Lipinski definition) is 2. The minimum atomic E-state index is 0.0318. The number of anilines is 1. The minimum absolute atomic E-state index is 0.0318. The number of unbranched alkanes of at least 4 members (excludes halogenated alkanes) is 2. The number of ether oxygens (including phenoxy) is 1. The summed E-state index contributed by atoms with van der Waals surface area (Å²) in [6.45, 7) is 1.10. The molecule has 0 aromatic heterocycles. The molecule has 0 saturated carbocycles. The molecule has 1 rings (SSSR count). The van der Waals surface area contributed by atoms with Crippen LogP contribution in [-0.2, 0) is 4.79 Å². The van der Waals surface area contributed by atoms with E-state index in [0.717, 1.165) is 19.4 Å². The molecule has 0 heterocycles. The van der Waals surface area contributed by atoms with Gasteiger partial charge in [0, 0.05) is 6.54 Å². The first-order valence-electron chi connectivity index (χ1n) is 6.97. The molecule has 112 valence electrons. The third-order valence-corrected chi connectivity index (χ3v) is 3.55. The fourth-order valence-electron chi connectivity index (χ4n) is 1.73. The Labute approximate surface area is 125 Å². The lowest BCUT2D eigenvalue weighted by Crippen LogP contribution is -2.25. The van der Waals surface area contributed by atoms with Crippen molar-refractivity contribution < 1.29 is 9.53 Å². The Morgan fingerprint density at radius 1 is 1.30 bits per heavy atom. The van der Waals surface area contributed by atoms with Crippen LogP contribution in [0.5, 0.6) is 5.75 Å². The van der Waals surface area contributed by atoms with Crippen molar-refractivity contribution in [3.8, 4) is 5.75 Å². The van der Waals surface area contributed by atoms with Crippen LogP contribution in [0, 0.1) is 0 Å². The summed E-state index contributed by atoms with van der Waals surface area (Å²) < 4.78 is 5.48. The van der Waals surface area contributed by atoms with Crippen molar-refractivity contribution in [2.75, 3.05) is 30.9 Å². The summed E-state index contributed by atoms with van der Waals surface area (Å²) in [6, 6.07) is 7.30. The zero-order chi connectivity index (χ0) is 14.6. The number of nitrogens with two attached hydrogens (primary N) is 1. The summed E-state index contributed by atoms with van der Waals surface area (Å²) in [6.07, 6.45) is 5.89. The zero-order valence-electron chi connectivity index (χ0n) is 12.1. The smallest absolute Gasteiger partial charge is 0.223 e. The van der Waals surface area contributed by atoms with Gasteiger partial charge in [-0.25, -0.2) is 0 Å². The maximum atomic E-state index is 11.6. The van der Waals surface area contributed by atoms with Gasteiger partial charge in [-0.1, -0.05) is 18.6 Å². The maximum absolute atomic E-state index is 11.6. The van der Waals surface area contributed by atoms with E-state index in [-0.39, 0.29) is 5.91 Å². The number of carbonyl (C=O) groups excluding carboxylic acids is 1. The molecule has 0 aliphatic carbocycles. The summed E-state index contributed by atoms with van der Waals surface area (Å²) in [5.41, 5.74) is 6.35. The van der Waals surface area contributed by atoms with Crippen LogP contribution in [0.3, 0.4) is 0 Å². The molecule has 20 heavy (non-hydrogen) atoms. The van der Waals surface area contributed by atoms with Crippen LogP contribution in [0.2, 0.25) is 0 Å². The van der Waals surface area contributed by atoms with E-state index < -0.39 is 0 Å². The number of hydrogen-bond acceptors (Lipinski definition) is 4. The Bertz CT molecular complexity index is 399. The lowest BCUT2D eigenvalue weighted by atomic mass is 10.2. The zero-order valence-corrected chi connectivity index (χ0v) is 12.9. The quantitative estimate of drug-likeness (QED) is 0.515. The average Bonchev–Trinajstić information content (AvgIpc) is 2.45. The molecule has 0 aliphatic rings. The molecule has 0 radical (unpaired) electrons. The van der Waals surface area contributed by atoms with E-state index in [9.17, 15) is 4.79 Å². The molecule has 0 fully saturated rings. The second-order valence-corrected chi connectivity index (χ2v) is 5.53. The van der Waals surface area contributed by atoms with Gasteiger partial charge in [-0.05, 0) is 37.0 Å². The van der Waals surface area contributed by atoms with Crippen molar-refractivity contribution >= 4 is 23.4 Å². The molecule has 1 aromatic rings. The molecular weight excluding hydrogens is 272 g/mol. The second kappa shape index (κ2) is 10.4. The number of amides is 1. The van der Waals surface area contributed by atoms with Gasteiger partial charge in [-0.15, -0.1) is 0 Å². The number of thioether (sulfide) groups is 1. The first kappa shape index (κ1) is 16.7. The van der Waals surface area contributed by atoms with Crippen molar-refractivity contribution in [3.05, 3.63) is 24.3 Å². The van der Waals surface area contributed by atoms with Gasteiger partial charge in [0.1, 0.15) is 5.75 Å². The minimum Gasteiger partial charge on any atom is -0.491 e. The summed E-state index contributed by atoms with van der Waals surface area (Å²) in [5, 5.41) is 2.90. The molecule has 0 atom stereocenters. The second-order valence-electron chi connectivity index (χ2n) is 4.54. The molecule has 0 unspecified atom stereocenters. The van der Waals surface area contributed by atoms with E-state index in [0.29, 0.717) is 24.5 Å². The Hall–Kier alpha value is -1.36. The van der Waals surface area contributed by atoms with Crippen LogP contribution in [0.25, 0.3) is 0 Å². The summed E-state index contributed by atoms with van der Waals surface area (Å²) in [7, 11) is 0. The highest BCUT2D eigenvalue weighted by molar-refractivity contribution is 7.98. The molecule has 4 nitrogen and oxygen atoms in total. The molecule has 3 N–H and O–H groups in total. The van der Waals surface area contributed by atoms with Crippen LogP contribution in [-0.4, -0.2) is 31.1 Å². The summed E-state index contributed by atoms with van der Waals surface area (Å²) in [5.74, 6) is 1.86. The van der Waals surface area contributed by atoms with Gasteiger partial charge in [0.25, 0.3) is 0 Å². The van der Waals surface area contributed by atoms with E-state index in [2.05, 4.69) is 11.6 Å². The summed E-state index contributed by atoms with van der Waals surface area (Å²) in [4.78, 5) is 11.6. The number of benzene rings is 1. The highest BCUT2D eigenvalue weighted by atomic mass is 32.2. The largest absolute Gasteiger partial charge is 0.491 e. The van der Waals surface area contributed by atoms with E-state index in [4.69, 9.17) is 10.5 Å². The van der Waals surface area contributed by atoms with Crippen LogP contribution >= 0.6 is 11.8 Å². The van der Waals surface area contributed by atoms with Crippen LogP contribution < -0.4 is 15.8 Å². The first-order chi connectivity index (χ1) is 9.74. The molecule has 0 bridgehead atoms. The maximum Gasteiger partial charge on any atom is 0.223 e. The van der Waals surface area contributed by atoms with E-state index in [1.807, 2.05) is 23.9 Å². The van der Waals surface area contributed by atoms with Gasteiger partial charge >= 0.3 is 0 Å². The lowest BCUT2D eigenvalue weighted by molar-refractivity contribution is -0.121. The Morgan fingerprint density at radius 3 is 2.85 bits per heavy atom.